The third kappa shape index (κ3) is 2.78. The van der Waals surface area contributed by atoms with Crippen molar-refractivity contribution in [1.29, 1.82) is 0 Å². The number of nitrogens with zero attached hydrogens (tertiary/aromatic N) is 1. The lowest BCUT2D eigenvalue weighted by atomic mass is 9.85. The fourth-order valence-corrected chi connectivity index (χ4v) is 2.91. The molecular formula is C16H22N2O3. The highest BCUT2D eigenvalue weighted by Gasteiger charge is 2.48. The van der Waals surface area contributed by atoms with E-state index < -0.39 is 5.54 Å². The van der Waals surface area contributed by atoms with Gasteiger partial charge >= 0.3 is 0 Å². The predicted molar refractivity (Wildman–Crippen MR) is 79.6 cm³/mol. The number of amides is 2. The molecule has 2 rings (SSSR count). The smallest absolute Gasteiger partial charge is 0.250 e. The van der Waals surface area contributed by atoms with Crippen molar-refractivity contribution in [3.63, 3.8) is 0 Å². The summed E-state index contributed by atoms with van der Waals surface area (Å²) in [6, 6.07) is 9.35. The molecule has 2 atom stereocenters. The number of benzene rings is 1. The van der Waals surface area contributed by atoms with E-state index in [0.29, 0.717) is 13.0 Å². The van der Waals surface area contributed by atoms with Crippen molar-refractivity contribution in [2.75, 3.05) is 20.3 Å². The van der Waals surface area contributed by atoms with Crippen LogP contribution in [0.4, 0.5) is 0 Å². The molecule has 1 aromatic rings. The Kier molecular flexibility index (Phi) is 4.63. The summed E-state index contributed by atoms with van der Waals surface area (Å²) in [6.07, 6.45) is 0.692. The monoisotopic (exact) mass is 290 g/mol. The molecule has 0 spiro atoms. The van der Waals surface area contributed by atoms with Crippen LogP contribution in [0.3, 0.4) is 0 Å². The maximum absolute atomic E-state index is 12.5. The third-order valence-corrected chi connectivity index (χ3v) is 4.11. The van der Waals surface area contributed by atoms with Gasteiger partial charge in [0.15, 0.2) is 0 Å². The Labute approximate surface area is 125 Å². The number of methoxy groups -OCH3 is 1. The van der Waals surface area contributed by atoms with E-state index in [-0.39, 0.29) is 24.4 Å². The predicted octanol–water partition coefficient (Wildman–Crippen LogP) is 1.29. The Bertz CT molecular complexity index is 518. The Balaban J connectivity index is 2.41. The zero-order chi connectivity index (χ0) is 15.5. The molecule has 0 saturated carbocycles. The Morgan fingerprint density at radius 1 is 1.33 bits per heavy atom. The van der Waals surface area contributed by atoms with E-state index in [9.17, 15) is 9.59 Å². The quantitative estimate of drug-likeness (QED) is 0.889. The summed E-state index contributed by atoms with van der Waals surface area (Å²) in [4.78, 5) is 26.6. The molecule has 5 nitrogen and oxygen atoms in total. The van der Waals surface area contributed by atoms with Crippen molar-refractivity contribution < 1.29 is 14.3 Å². The SMILES string of the molecule is COCCC(C)N1C(=O)CNC(=O)C1(C)c1ccccc1. The van der Waals surface area contributed by atoms with Crippen LogP contribution >= 0.6 is 0 Å². The van der Waals surface area contributed by atoms with Gasteiger partial charge in [-0.25, -0.2) is 0 Å². The van der Waals surface area contributed by atoms with Crippen molar-refractivity contribution in [3.05, 3.63) is 35.9 Å². The first-order valence-corrected chi connectivity index (χ1v) is 7.16. The number of carbonyl (C=O) groups excluding carboxylic acids is 2. The number of nitrogens with one attached hydrogen (secondary N) is 1. The second-order valence-electron chi connectivity index (χ2n) is 5.52. The second kappa shape index (κ2) is 6.26. The van der Waals surface area contributed by atoms with Crippen LogP contribution in [0.15, 0.2) is 30.3 Å². The van der Waals surface area contributed by atoms with E-state index in [1.807, 2.05) is 37.3 Å². The van der Waals surface area contributed by atoms with Crippen molar-refractivity contribution in [1.82, 2.24) is 10.2 Å². The van der Waals surface area contributed by atoms with Crippen LogP contribution in [0.25, 0.3) is 0 Å². The molecule has 1 saturated heterocycles. The maximum Gasteiger partial charge on any atom is 0.250 e. The van der Waals surface area contributed by atoms with Crippen LogP contribution < -0.4 is 5.32 Å². The van der Waals surface area contributed by atoms with E-state index in [4.69, 9.17) is 4.74 Å². The molecule has 114 valence electrons. The van der Waals surface area contributed by atoms with Gasteiger partial charge in [0.25, 0.3) is 5.91 Å². The molecule has 0 radical (unpaired) electrons. The third-order valence-electron chi connectivity index (χ3n) is 4.11. The highest BCUT2D eigenvalue weighted by Crippen LogP contribution is 2.33. The van der Waals surface area contributed by atoms with Crippen LogP contribution in [-0.2, 0) is 19.9 Å². The summed E-state index contributed by atoms with van der Waals surface area (Å²) < 4.78 is 5.10. The molecule has 1 heterocycles. The zero-order valence-corrected chi connectivity index (χ0v) is 12.8. The lowest BCUT2D eigenvalue weighted by molar-refractivity contribution is -0.157. The van der Waals surface area contributed by atoms with Gasteiger partial charge in [-0.1, -0.05) is 30.3 Å². The normalized spacial score (nSPS) is 23.9. The van der Waals surface area contributed by atoms with Gasteiger partial charge in [-0.2, -0.15) is 0 Å². The number of piperazine rings is 1. The van der Waals surface area contributed by atoms with Crippen molar-refractivity contribution >= 4 is 11.8 Å². The first kappa shape index (κ1) is 15.5. The van der Waals surface area contributed by atoms with E-state index in [0.717, 1.165) is 5.56 Å². The van der Waals surface area contributed by atoms with Gasteiger partial charge in [-0.05, 0) is 25.8 Å². The average Bonchev–Trinajstić information content (AvgIpc) is 2.50. The lowest BCUT2D eigenvalue weighted by Gasteiger charge is -2.47. The van der Waals surface area contributed by atoms with Gasteiger partial charge in [0.2, 0.25) is 5.91 Å². The standard InChI is InChI=1S/C16H22N2O3/c1-12(9-10-21-3)18-14(19)11-17-15(20)16(18,2)13-7-5-4-6-8-13/h4-8,12H,9-11H2,1-3H3,(H,17,20). The van der Waals surface area contributed by atoms with Crippen LogP contribution in [0, 0.1) is 0 Å². The van der Waals surface area contributed by atoms with Gasteiger partial charge in [0.1, 0.15) is 5.54 Å². The number of rotatable bonds is 5. The maximum atomic E-state index is 12.5. The van der Waals surface area contributed by atoms with Crippen molar-refractivity contribution in [2.24, 2.45) is 0 Å². The van der Waals surface area contributed by atoms with Crippen LogP contribution in [0.2, 0.25) is 0 Å². The van der Waals surface area contributed by atoms with Gasteiger partial charge in [0, 0.05) is 19.8 Å². The molecule has 1 aliphatic heterocycles. The van der Waals surface area contributed by atoms with E-state index in [1.165, 1.54) is 0 Å². The Morgan fingerprint density at radius 3 is 2.62 bits per heavy atom. The summed E-state index contributed by atoms with van der Waals surface area (Å²) in [5, 5.41) is 2.70. The second-order valence-corrected chi connectivity index (χ2v) is 5.52. The molecule has 1 aliphatic rings. The summed E-state index contributed by atoms with van der Waals surface area (Å²) in [6.45, 7) is 4.37. The summed E-state index contributed by atoms with van der Waals surface area (Å²) in [5.74, 6) is -0.206. The Hall–Kier alpha value is -1.88. The highest BCUT2D eigenvalue weighted by molar-refractivity contribution is 5.98. The zero-order valence-electron chi connectivity index (χ0n) is 12.8. The number of ether oxygens (including phenoxy) is 1. The molecule has 1 fully saturated rings. The molecule has 0 aliphatic carbocycles. The number of hydrogen-bond acceptors (Lipinski definition) is 3. The first-order valence-electron chi connectivity index (χ1n) is 7.16. The molecular weight excluding hydrogens is 268 g/mol. The van der Waals surface area contributed by atoms with Crippen LogP contribution in [-0.4, -0.2) is 43.0 Å². The van der Waals surface area contributed by atoms with Crippen molar-refractivity contribution in [2.45, 2.75) is 31.8 Å². The minimum Gasteiger partial charge on any atom is -0.385 e. The van der Waals surface area contributed by atoms with E-state index in [2.05, 4.69) is 5.32 Å². The molecule has 1 N–H and O–H groups in total. The molecule has 0 aromatic heterocycles. The van der Waals surface area contributed by atoms with E-state index in [1.54, 1.807) is 18.9 Å². The number of carbonyl (C=O) groups is 2. The molecule has 5 heteroatoms. The fraction of sp³-hybridized carbons (Fsp3) is 0.500. The molecule has 21 heavy (non-hydrogen) atoms. The first-order chi connectivity index (χ1) is 10.0. The molecule has 2 amide bonds. The summed E-state index contributed by atoms with van der Waals surface area (Å²) in [5.41, 5.74) is -0.163. The Morgan fingerprint density at radius 2 is 2.00 bits per heavy atom. The molecule has 0 bridgehead atoms. The summed E-state index contributed by atoms with van der Waals surface area (Å²) >= 11 is 0. The largest absolute Gasteiger partial charge is 0.385 e. The van der Waals surface area contributed by atoms with E-state index >= 15 is 0 Å². The van der Waals surface area contributed by atoms with Gasteiger partial charge in [-0.3, -0.25) is 9.59 Å². The molecule has 2 unspecified atom stereocenters. The fourth-order valence-electron chi connectivity index (χ4n) is 2.91. The number of hydrogen-bond donors (Lipinski definition) is 1. The topological polar surface area (TPSA) is 58.6 Å². The van der Waals surface area contributed by atoms with Crippen LogP contribution in [0.5, 0.6) is 0 Å². The summed E-state index contributed by atoms with van der Waals surface area (Å²) in [7, 11) is 1.63. The van der Waals surface area contributed by atoms with Gasteiger partial charge in [0.05, 0.1) is 6.54 Å². The average molecular weight is 290 g/mol. The van der Waals surface area contributed by atoms with Gasteiger partial charge < -0.3 is 15.0 Å². The highest BCUT2D eigenvalue weighted by atomic mass is 16.5. The van der Waals surface area contributed by atoms with Crippen molar-refractivity contribution in [3.8, 4) is 0 Å². The van der Waals surface area contributed by atoms with Gasteiger partial charge in [-0.15, -0.1) is 0 Å². The minimum absolute atomic E-state index is 0.0541. The lowest BCUT2D eigenvalue weighted by Crippen LogP contribution is -2.66. The minimum atomic E-state index is -0.982. The molecule has 1 aromatic carbocycles. The van der Waals surface area contributed by atoms with Crippen LogP contribution in [0.1, 0.15) is 25.8 Å².